The van der Waals surface area contributed by atoms with E-state index >= 15 is 0 Å². The van der Waals surface area contributed by atoms with Gasteiger partial charge in [-0.15, -0.1) is 12.4 Å². The number of amides is 1. The van der Waals surface area contributed by atoms with Crippen molar-refractivity contribution in [2.24, 2.45) is 11.7 Å². The fourth-order valence-corrected chi connectivity index (χ4v) is 1.84. The Hall–Kier alpha value is -1.17. The van der Waals surface area contributed by atoms with Crippen LogP contribution in [0, 0.1) is 11.7 Å². The van der Waals surface area contributed by atoms with Crippen LogP contribution in [-0.4, -0.2) is 25.6 Å². The maximum atomic E-state index is 12.9. The summed E-state index contributed by atoms with van der Waals surface area (Å²) in [6, 6.07) is 5.50. The second-order valence-corrected chi connectivity index (χ2v) is 4.93. The third-order valence-corrected chi connectivity index (χ3v) is 3.55. The molecular weight excluding hydrogens is 295 g/mol. The molecular formula is C15H24ClFN2O2. The summed E-state index contributed by atoms with van der Waals surface area (Å²) in [5.41, 5.74) is 6.67. The Labute approximate surface area is 131 Å². The van der Waals surface area contributed by atoms with Crippen molar-refractivity contribution < 1.29 is 13.9 Å². The standard InChI is InChI=1S/C15H23FN2O2.ClH/c1-4-10(2)14(17)15(19)18-9-13(20-3)11-5-7-12(16)8-6-11;/h5-8,10,13-14H,4,9,17H2,1-3H3,(H,18,19);1H. The quantitative estimate of drug-likeness (QED) is 0.811. The van der Waals surface area contributed by atoms with Crippen molar-refractivity contribution in [2.75, 3.05) is 13.7 Å². The molecule has 120 valence electrons. The topological polar surface area (TPSA) is 64.4 Å². The Morgan fingerprint density at radius 1 is 1.38 bits per heavy atom. The molecule has 0 heterocycles. The smallest absolute Gasteiger partial charge is 0.237 e. The molecule has 6 heteroatoms. The van der Waals surface area contributed by atoms with Crippen LogP contribution in [0.2, 0.25) is 0 Å². The van der Waals surface area contributed by atoms with Crippen LogP contribution in [0.15, 0.2) is 24.3 Å². The van der Waals surface area contributed by atoms with E-state index in [1.165, 1.54) is 12.1 Å². The van der Waals surface area contributed by atoms with Gasteiger partial charge >= 0.3 is 0 Å². The van der Waals surface area contributed by atoms with E-state index in [4.69, 9.17) is 10.5 Å². The number of ether oxygens (including phenoxy) is 1. The van der Waals surface area contributed by atoms with E-state index in [9.17, 15) is 9.18 Å². The average Bonchev–Trinajstić information content (AvgIpc) is 2.47. The Bertz CT molecular complexity index is 428. The third kappa shape index (κ3) is 5.99. The minimum absolute atomic E-state index is 0. The Morgan fingerprint density at radius 2 is 1.95 bits per heavy atom. The monoisotopic (exact) mass is 318 g/mol. The highest BCUT2D eigenvalue weighted by Gasteiger charge is 2.20. The van der Waals surface area contributed by atoms with Crippen molar-refractivity contribution in [3.05, 3.63) is 35.6 Å². The SMILES string of the molecule is CCC(C)C(N)C(=O)NCC(OC)c1ccc(F)cc1.Cl. The van der Waals surface area contributed by atoms with Gasteiger partial charge in [0.15, 0.2) is 0 Å². The highest BCUT2D eigenvalue weighted by Crippen LogP contribution is 2.16. The number of methoxy groups -OCH3 is 1. The second kappa shape index (κ2) is 9.71. The van der Waals surface area contributed by atoms with Crippen molar-refractivity contribution in [1.82, 2.24) is 5.32 Å². The summed E-state index contributed by atoms with van der Waals surface area (Å²) in [4.78, 5) is 11.9. The maximum absolute atomic E-state index is 12.9. The van der Waals surface area contributed by atoms with Gasteiger partial charge in [0.05, 0.1) is 12.1 Å². The van der Waals surface area contributed by atoms with Crippen molar-refractivity contribution in [3.8, 4) is 0 Å². The van der Waals surface area contributed by atoms with Crippen LogP contribution >= 0.6 is 12.4 Å². The Kier molecular flexibility index (Phi) is 9.17. The molecule has 0 aliphatic rings. The third-order valence-electron chi connectivity index (χ3n) is 3.55. The van der Waals surface area contributed by atoms with Crippen LogP contribution < -0.4 is 11.1 Å². The molecule has 3 atom stereocenters. The lowest BCUT2D eigenvalue weighted by Gasteiger charge is -2.21. The summed E-state index contributed by atoms with van der Waals surface area (Å²) in [5, 5.41) is 2.78. The van der Waals surface area contributed by atoms with E-state index in [2.05, 4.69) is 5.32 Å². The molecule has 0 fully saturated rings. The molecule has 0 bridgehead atoms. The van der Waals surface area contributed by atoms with Crippen LogP contribution in [0.3, 0.4) is 0 Å². The molecule has 0 aliphatic carbocycles. The van der Waals surface area contributed by atoms with Gasteiger partial charge in [-0.1, -0.05) is 32.4 Å². The molecule has 0 aliphatic heterocycles. The second-order valence-electron chi connectivity index (χ2n) is 4.93. The highest BCUT2D eigenvalue weighted by molar-refractivity contribution is 5.85. The van der Waals surface area contributed by atoms with E-state index in [1.54, 1.807) is 19.2 Å². The number of carbonyl (C=O) groups is 1. The average molecular weight is 319 g/mol. The minimum atomic E-state index is -0.522. The number of nitrogens with two attached hydrogens (primary N) is 1. The summed E-state index contributed by atoms with van der Waals surface area (Å²) in [6.45, 7) is 4.25. The van der Waals surface area contributed by atoms with Crippen LogP contribution in [0.5, 0.6) is 0 Å². The van der Waals surface area contributed by atoms with Crippen LogP contribution in [0.25, 0.3) is 0 Å². The zero-order valence-electron chi connectivity index (χ0n) is 12.6. The van der Waals surface area contributed by atoms with Gasteiger partial charge in [0.2, 0.25) is 5.91 Å². The summed E-state index contributed by atoms with van der Waals surface area (Å²) in [6.07, 6.45) is 0.531. The molecule has 3 N–H and O–H groups in total. The normalized spacial score (nSPS) is 14.7. The first-order chi connectivity index (χ1) is 9.49. The lowest BCUT2D eigenvalue weighted by atomic mass is 9.99. The molecule has 1 aromatic carbocycles. The largest absolute Gasteiger partial charge is 0.375 e. The van der Waals surface area contributed by atoms with Gasteiger partial charge in [-0.25, -0.2) is 4.39 Å². The highest BCUT2D eigenvalue weighted by atomic mass is 35.5. The van der Waals surface area contributed by atoms with Crippen LogP contribution in [0.1, 0.15) is 31.9 Å². The summed E-state index contributed by atoms with van der Waals surface area (Å²) in [5.74, 6) is -0.364. The van der Waals surface area contributed by atoms with Crippen molar-refractivity contribution in [1.29, 1.82) is 0 Å². The molecule has 0 spiro atoms. The summed E-state index contributed by atoms with van der Waals surface area (Å²) in [7, 11) is 1.55. The van der Waals surface area contributed by atoms with Gasteiger partial charge in [-0.05, 0) is 23.6 Å². The molecule has 1 amide bonds. The fraction of sp³-hybridized carbons (Fsp3) is 0.533. The van der Waals surface area contributed by atoms with Crippen molar-refractivity contribution >= 4 is 18.3 Å². The van der Waals surface area contributed by atoms with Gasteiger partial charge in [0.1, 0.15) is 5.82 Å². The van der Waals surface area contributed by atoms with E-state index in [1.807, 2.05) is 13.8 Å². The molecule has 21 heavy (non-hydrogen) atoms. The predicted octanol–water partition coefficient (Wildman–Crippen LogP) is 2.42. The molecule has 4 nitrogen and oxygen atoms in total. The van der Waals surface area contributed by atoms with Gasteiger partial charge in [-0.2, -0.15) is 0 Å². The first kappa shape index (κ1) is 19.8. The zero-order valence-corrected chi connectivity index (χ0v) is 13.5. The minimum Gasteiger partial charge on any atom is -0.375 e. The number of benzene rings is 1. The number of hydrogen-bond acceptors (Lipinski definition) is 3. The molecule has 0 saturated heterocycles. The molecule has 0 saturated carbocycles. The van der Waals surface area contributed by atoms with Gasteiger partial charge in [0.25, 0.3) is 0 Å². The predicted molar refractivity (Wildman–Crippen MR) is 83.8 cm³/mol. The van der Waals surface area contributed by atoms with Crippen molar-refractivity contribution in [2.45, 2.75) is 32.4 Å². The number of rotatable bonds is 7. The summed E-state index contributed by atoms with van der Waals surface area (Å²) < 4.78 is 18.2. The van der Waals surface area contributed by atoms with Gasteiger partial charge < -0.3 is 15.8 Å². The molecule has 1 aromatic rings. The summed E-state index contributed by atoms with van der Waals surface area (Å²) >= 11 is 0. The van der Waals surface area contributed by atoms with E-state index in [-0.39, 0.29) is 36.2 Å². The number of nitrogens with one attached hydrogen (secondary N) is 1. The number of hydrogen-bond donors (Lipinski definition) is 2. The molecule has 1 rings (SSSR count). The maximum Gasteiger partial charge on any atom is 0.237 e. The van der Waals surface area contributed by atoms with Gasteiger partial charge in [-0.3, -0.25) is 4.79 Å². The first-order valence-corrected chi connectivity index (χ1v) is 6.81. The first-order valence-electron chi connectivity index (χ1n) is 6.81. The van der Waals surface area contributed by atoms with E-state index in [0.717, 1.165) is 12.0 Å². The Balaban J connectivity index is 0.00000400. The zero-order chi connectivity index (χ0) is 15.1. The number of halogens is 2. The van der Waals surface area contributed by atoms with Crippen molar-refractivity contribution in [3.63, 3.8) is 0 Å². The molecule has 3 unspecified atom stereocenters. The van der Waals surface area contributed by atoms with Crippen LogP contribution in [-0.2, 0) is 9.53 Å². The van der Waals surface area contributed by atoms with E-state index in [0.29, 0.717) is 6.54 Å². The fourth-order valence-electron chi connectivity index (χ4n) is 1.84. The van der Waals surface area contributed by atoms with Crippen LogP contribution in [0.4, 0.5) is 4.39 Å². The Morgan fingerprint density at radius 3 is 2.43 bits per heavy atom. The van der Waals surface area contributed by atoms with E-state index < -0.39 is 6.04 Å². The lowest BCUT2D eigenvalue weighted by Crippen LogP contribution is -2.45. The molecule has 0 radical (unpaired) electrons. The lowest BCUT2D eigenvalue weighted by molar-refractivity contribution is -0.124. The number of carbonyl (C=O) groups excluding carboxylic acids is 1. The molecule has 0 aromatic heterocycles. The van der Waals surface area contributed by atoms with Gasteiger partial charge in [0, 0.05) is 13.7 Å².